The lowest BCUT2D eigenvalue weighted by molar-refractivity contribution is -0.145. The highest BCUT2D eigenvalue weighted by atomic mass is 16.6. The summed E-state index contributed by atoms with van der Waals surface area (Å²) in [6.07, 6.45) is 1.16. The highest BCUT2D eigenvalue weighted by Gasteiger charge is 2.40. The van der Waals surface area contributed by atoms with Crippen LogP contribution in [-0.4, -0.2) is 69.0 Å². The SMILES string of the molecule is CC[C@H](C)[C@@H](C(N)=O)N(Cc1ccccc1)C(=O)[C@H](Cc1ccc(O)cc1)NC(=O)[C@@H]1CCCN1C(=O)OC(C)(C)C. The number of nitrogens with one attached hydrogen (secondary N) is 1. The van der Waals surface area contributed by atoms with Gasteiger partial charge in [-0.1, -0.05) is 62.7 Å². The maximum atomic E-state index is 14.4. The van der Waals surface area contributed by atoms with Gasteiger partial charge in [-0.15, -0.1) is 0 Å². The van der Waals surface area contributed by atoms with Crippen molar-refractivity contribution < 1.29 is 29.0 Å². The predicted octanol–water partition coefficient (Wildman–Crippen LogP) is 3.75. The number of carbonyl (C=O) groups is 4. The average molecular weight is 581 g/mol. The molecule has 0 aliphatic carbocycles. The third kappa shape index (κ3) is 8.71. The van der Waals surface area contributed by atoms with Crippen LogP contribution in [0.3, 0.4) is 0 Å². The van der Waals surface area contributed by atoms with Crippen LogP contribution in [0.1, 0.15) is 65.0 Å². The van der Waals surface area contributed by atoms with Crippen molar-refractivity contribution in [3.8, 4) is 5.75 Å². The first-order valence-electron chi connectivity index (χ1n) is 14.5. The van der Waals surface area contributed by atoms with Crippen LogP contribution in [0, 0.1) is 5.92 Å². The zero-order chi connectivity index (χ0) is 31.0. The van der Waals surface area contributed by atoms with Crippen LogP contribution >= 0.6 is 0 Å². The normalized spacial score (nSPS) is 17.2. The van der Waals surface area contributed by atoms with Crippen molar-refractivity contribution in [3.63, 3.8) is 0 Å². The highest BCUT2D eigenvalue weighted by molar-refractivity contribution is 5.94. The van der Waals surface area contributed by atoms with E-state index in [0.29, 0.717) is 31.4 Å². The molecule has 42 heavy (non-hydrogen) atoms. The summed E-state index contributed by atoms with van der Waals surface area (Å²) in [6, 6.07) is 12.9. The van der Waals surface area contributed by atoms with E-state index in [2.05, 4.69) is 5.32 Å². The first-order chi connectivity index (χ1) is 19.8. The van der Waals surface area contributed by atoms with Gasteiger partial charge in [0, 0.05) is 19.5 Å². The van der Waals surface area contributed by atoms with Gasteiger partial charge in [0.05, 0.1) is 0 Å². The van der Waals surface area contributed by atoms with Crippen molar-refractivity contribution in [2.75, 3.05) is 6.54 Å². The topological polar surface area (TPSA) is 142 Å². The second kappa shape index (κ2) is 14.2. The summed E-state index contributed by atoms with van der Waals surface area (Å²) < 4.78 is 5.52. The molecule has 1 fully saturated rings. The van der Waals surface area contributed by atoms with Crippen LogP contribution in [0.2, 0.25) is 0 Å². The fraction of sp³-hybridized carbons (Fsp3) is 0.500. The van der Waals surface area contributed by atoms with Gasteiger partial charge in [0.15, 0.2) is 0 Å². The minimum atomic E-state index is -1.07. The number of rotatable bonds is 11. The Bertz CT molecular complexity index is 1230. The summed E-state index contributed by atoms with van der Waals surface area (Å²) in [5.41, 5.74) is 6.65. The number of aromatic hydroxyl groups is 1. The maximum Gasteiger partial charge on any atom is 0.410 e. The van der Waals surface area contributed by atoms with E-state index in [0.717, 1.165) is 5.56 Å². The molecule has 4 atom stereocenters. The smallest absolute Gasteiger partial charge is 0.410 e. The lowest BCUT2D eigenvalue weighted by Gasteiger charge is -2.36. The summed E-state index contributed by atoms with van der Waals surface area (Å²) in [4.78, 5) is 56.6. The molecule has 10 heteroatoms. The van der Waals surface area contributed by atoms with Crippen LogP contribution in [0.4, 0.5) is 4.79 Å². The number of carbonyl (C=O) groups excluding carboxylic acids is 4. The third-order valence-corrected chi connectivity index (χ3v) is 7.46. The number of nitrogens with zero attached hydrogens (tertiary/aromatic N) is 2. The van der Waals surface area contributed by atoms with E-state index in [1.165, 1.54) is 21.9 Å². The summed E-state index contributed by atoms with van der Waals surface area (Å²) in [7, 11) is 0. The molecule has 0 bridgehead atoms. The summed E-state index contributed by atoms with van der Waals surface area (Å²) in [5.74, 6) is -1.74. The van der Waals surface area contributed by atoms with Gasteiger partial charge < -0.3 is 25.8 Å². The molecule has 2 aromatic carbocycles. The second-order valence-electron chi connectivity index (χ2n) is 11.9. The standard InChI is InChI=1S/C32H44N4O6/c1-6-21(2)27(28(33)38)36(20-23-11-8-7-9-12-23)30(40)25(19-22-14-16-24(37)17-15-22)34-29(39)26-13-10-18-35(26)31(41)42-32(3,4)5/h7-9,11-12,14-17,21,25-27,37H,6,10,13,18-20H2,1-5H3,(H2,33,38)(H,34,39)/t21-,25-,26-,27-/m0/s1. The second-order valence-corrected chi connectivity index (χ2v) is 11.9. The van der Waals surface area contributed by atoms with Gasteiger partial charge >= 0.3 is 6.09 Å². The van der Waals surface area contributed by atoms with Crippen molar-refractivity contribution in [3.05, 3.63) is 65.7 Å². The van der Waals surface area contributed by atoms with Gasteiger partial charge in [0.2, 0.25) is 17.7 Å². The third-order valence-electron chi connectivity index (χ3n) is 7.46. The molecule has 0 spiro atoms. The highest BCUT2D eigenvalue weighted by Crippen LogP contribution is 2.24. The van der Waals surface area contributed by atoms with E-state index < -0.39 is 47.5 Å². The molecule has 0 unspecified atom stereocenters. The Morgan fingerprint density at radius 3 is 2.29 bits per heavy atom. The number of benzene rings is 2. The molecule has 0 saturated carbocycles. The van der Waals surface area contributed by atoms with Crippen LogP contribution in [0.5, 0.6) is 5.75 Å². The number of hydrogen-bond donors (Lipinski definition) is 3. The van der Waals surface area contributed by atoms with E-state index in [4.69, 9.17) is 10.5 Å². The minimum absolute atomic E-state index is 0.0703. The lowest BCUT2D eigenvalue weighted by Crippen LogP contribution is -2.59. The van der Waals surface area contributed by atoms with E-state index in [-0.39, 0.29) is 24.6 Å². The van der Waals surface area contributed by atoms with Gasteiger partial charge in [-0.25, -0.2) is 4.79 Å². The molecule has 1 heterocycles. The van der Waals surface area contributed by atoms with Crippen LogP contribution in [-0.2, 0) is 32.1 Å². The van der Waals surface area contributed by atoms with Gasteiger partial charge in [-0.3, -0.25) is 19.3 Å². The van der Waals surface area contributed by atoms with Crippen molar-refractivity contribution in [1.29, 1.82) is 0 Å². The fourth-order valence-corrected chi connectivity index (χ4v) is 5.17. The van der Waals surface area contributed by atoms with Crippen LogP contribution < -0.4 is 11.1 Å². The molecule has 2 aromatic rings. The molecule has 1 aliphatic rings. The van der Waals surface area contributed by atoms with Gasteiger partial charge in [0.1, 0.15) is 29.5 Å². The number of primary amides is 1. The summed E-state index contributed by atoms with van der Waals surface area (Å²) in [5, 5.41) is 12.7. The van der Waals surface area contributed by atoms with Crippen molar-refractivity contribution in [1.82, 2.24) is 15.1 Å². The number of likely N-dealkylation sites (tertiary alicyclic amines) is 1. The van der Waals surface area contributed by atoms with Gasteiger partial charge in [0.25, 0.3) is 0 Å². The molecular weight excluding hydrogens is 536 g/mol. The van der Waals surface area contributed by atoms with E-state index in [1.54, 1.807) is 32.9 Å². The monoisotopic (exact) mass is 580 g/mol. The molecule has 228 valence electrons. The maximum absolute atomic E-state index is 14.4. The van der Waals surface area contributed by atoms with Gasteiger partial charge in [-0.05, 0) is 62.8 Å². The Hall–Kier alpha value is -4.08. The average Bonchev–Trinajstić information content (AvgIpc) is 3.43. The number of amides is 4. The summed E-state index contributed by atoms with van der Waals surface area (Å²) >= 11 is 0. The molecule has 1 aliphatic heterocycles. The number of ether oxygens (including phenoxy) is 1. The molecular formula is C32H44N4O6. The predicted molar refractivity (Wildman–Crippen MR) is 159 cm³/mol. The first kappa shape index (κ1) is 32.4. The first-order valence-corrected chi connectivity index (χ1v) is 14.5. The Labute approximate surface area is 248 Å². The Morgan fingerprint density at radius 1 is 1.07 bits per heavy atom. The van der Waals surface area contributed by atoms with Crippen LogP contribution in [0.15, 0.2) is 54.6 Å². The van der Waals surface area contributed by atoms with Crippen molar-refractivity contribution in [2.45, 2.75) is 90.6 Å². The number of phenols is 1. The molecule has 0 aromatic heterocycles. The van der Waals surface area contributed by atoms with Crippen molar-refractivity contribution >= 4 is 23.8 Å². The Morgan fingerprint density at radius 2 is 1.71 bits per heavy atom. The van der Waals surface area contributed by atoms with E-state index >= 15 is 0 Å². The largest absolute Gasteiger partial charge is 0.508 e. The molecule has 0 radical (unpaired) electrons. The minimum Gasteiger partial charge on any atom is -0.508 e. The molecule has 1 saturated heterocycles. The van der Waals surface area contributed by atoms with Crippen molar-refractivity contribution in [2.24, 2.45) is 11.7 Å². The molecule has 4 amide bonds. The number of nitrogens with two attached hydrogens (primary N) is 1. The Kier molecular flexibility index (Phi) is 11.0. The quantitative estimate of drug-likeness (QED) is 0.370. The van der Waals surface area contributed by atoms with E-state index in [1.807, 2.05) is 44.2 Å². The van der Waals surface area contributed by atoms with E-state index in [9.17, 15) is 24.3 Å². The zero-order valence-electron chi connectivity index (χ0n) is 25.2. The zero-order valence-corrected chi connectivity index (χ0v) is 25.2. The summed E-state index contributed by atoms with van der Waals surface area (Å²) in [6.45, 7) is 9.55. The molecule has 10 nitrogen and oxygen atoms in total. The Balaban J connectivity index is 1.97. The molecule has 4 N–H and O–H groups in total. The lowest BCUT2D eigenvalue weighted by atomic mass is 9.94. The number of phenolic OH excluding ortho intramolecular Hbond substituents is 1. The fourth-order valence-electron chi connectivity index (χ4n) is 5.17. The van der Waals surface area contributed by atoms with Crippen LogP contribution in [0.25, 0.3) is 0 Å². The molecule has 3 rings (SSSR count). The van der Waals surface area contributed by atoms with Gasteiger partial charge in [-0.2, -0.15) is 0 Å². The number of hydrogen-bond acceptors (Lipinski definition) is 6.